The number of hydrogen-bond acceptors (Lipinski definition) is 6. The van der Waals surface area contributed by atoms with E-state index in [0.29, 0.717) is 17.0 Å². The van der Waals surface area contributed by atoms with Gasteiger partial charge in [0.2, 0.25) is 11.7 Å². The number of fused-ring (bicyclic) bond motifs is 1. The fraction of sp³-hybridized carbons (Fsp3) is 0.238. The van der Waals surface area contributed by atoms with E-state index in [2.05, 4.69) is 25.9 Å². The van der Waals surface area contributed by atoms with E-state index in [1.165, 1.54) is 4.90 Å². The summed E-state index contributed by atoms with van der Waals surface area (Å²) in [6.07, 6.45) is 1.93. The highest BCUT2D eigenvalue weighted by Crippen LogP contribution is 2.32. The molecule has 1 aliphatic rings. The Bertz CT molecular complexity index is 1170. The van der Waals surface area contributed by atoms with Gasteiger partial charge in [-0.05, 0) is 48.9 Å². The number of hydrogen-bond donors (Lipinski definition) is 1. The quantitative estimate of drug-likeness (QED) is 0.608. The Labute approximate surface area is 175 Å². The summed E-state index contributed by atoms with van der Waals surface area (Å²) in [5.41, 5.74) is 7.04. The lowest BCUT2D eigenvalue weighted by atomic mass is 9.90. The minimum atomic E-state index is -0.863. The average Bonchev–Trinajstić information content (AvgIpc) is 3.09. The summed E-state index contributed by atoms with van der Waals surface area (Å²) in [5, 5.41) is 0.861. The molecule has 1 aliphatic heterocycles. The molecule has 2 aromatic heterocycles. The number of rotatable bonds is 4. The van der Waals surface area contributed by atoms with E-state index < -0.39 is 5.54 Å². The molecule has 4 rings (SSSR count). The number of nitrogens with zero attached hydrogens (tertiary/aromatic N) is 3. The number of nitrogens with two attached hydrogens (primary N) is 1. The molecule has 1 atom stereocenters. The molecule has 29 heavy (non-hydrogen) atoms. The van der Waals surface area contributed by atoms with Gasteiger partial charge in [0.25, 0.3) is 0 Å². The van der Waals surface area contributed by atoms with E-state index in [9.17, 15) is 9.59 Å². The van der Waals surface area contributed by atoms with Crippen molar-refractivity contribution in [1.29, 1.82) is 0 Å². The Morgan fingerprint density at radius 2 is 2.10 bits per heavy atom. The topological polar surface area (TPSA) is 102 Å². The lowest BCUT2D eigenvalue weighted by Crippen LogP contribution is -2.47. The number of furan rings is 1. The van der Waals surface area contributed by atoms with Gasteiger partial charge in [0.1, 0.15) is 11.1 Å². The van der Waals surface area contributed by atoms with Crippen LogP contribution in [0.25, 0.3) is 11.0 Å². The van der Waals surface area contributed by atoms with Crippen LogP contribution in [0.2, 0.25) is 0 Å². The van der Waals surface area contributed by atoms with Gasteiger partial charge in [-0.1, -0.05) is 15.9 Å². The van der Waals surface area contributed by atoms with Gasteiger partial charge < -0.3 is 10.2 Å². The molecule has 0 bridgehead atoms. The van der Waals surface area contributed by atoms with Gasteiger partial charge in [0.15, 0.2) is 11.7 Å². The zero-order valence-corrected chi connectivity index (χ0v) is 17.6. The summed E-state index contributed by atoms with van der Waals surface area (Å²) in [5.74, 6) is 0.193. The number of guanidine groups is 1. The molecule has 0 fully saturated rings. The summed E-state index contributed by atoms with van der Waals surface area (Å²) < 4.78 is 6.61. The van der Waals surface area contributed by atoms with E-state index in [-0.39, 0.29) is 30.5 Å². The van der Waals surface area contributed by atoms with Gasteiger partial charge in [-0.25, -0.2) is 4.99 Å². The first-order chi connectivity index (χ1) is 13.7. The molecule has 0 saturated carbocycles. The van der Waals surface area contributed by atoms with Crippen LogP contribution in [0, 0.1) is 0 Å². The van der Waals surface area contributed by atoms with Crippen LogP contribution in [0.1, 0.15) is 35.2 Å². The molecule has 1 unspecified atom stereocenters. The normalized spacial score (nSPS) is 19.5. The number of benzene rings is 1. The largest absolute Gasteiger partial charge is 0.453 e. The standard InChI is InChI=1S/C21H19BrN4O3/c1-21(11-19(28)26(2)20(23)25-21)18-8-12(5-6-24-18)7-15(27)17-10-13-9-14(22)3-4-16(13)29-17/h3-6,8-10H,7,11H2,1-2H3,(H2,23,25). The van der Waals surface area contributed by atoms with Crippen molar-refractivity contribution >= 4 is 44.5 Å². The van der Waals surface area contributed by atoms with Gasteiger partial charge >= 0.3 is 0 Å². The molecule has 0 aliphatic carbocycles. The van der Waals surface area contributed by atoms with Crippen LogP contribution in [0.4, 0.5) is 0 Å². The maximum Gasteiger partial charge on any atom is 0.231 e. The number of aromatic nitrogens is 1. The molecular formula is C21H19BrN4O3. The Kier molecular flexibility index (Phi) is 4.74. The number of carbonyl (C=O) groups excluding carboxylic acids is 2. The molecule has 3 heterocycles. The molecule has 148 valence electrons. The van der Waals surface area contributed by atoms with Gasteiger partial charge in [0, 0.05) is 29.5 Å². The van der Waals surface area contributed by atoms with Crippen molar-refractivity contribution in [3.05, 3.63) is 64.1 Å². The van der Waals surface area contributed by atoms with Crippen LogP contribution in [0.5, 0.6) is 0 Å². The number of aliphatic imine (C=N–C) groups is 1. The molecule has 0 radical (unpaired) electrons. The Morgan fingerprint density at radius 1 is 1.31 bits per heavy atom. The number of Topliss-reactive ketones (excluding diaryl/α,β-unsaturated/α-hetero) is 1. The fourth-order valence-corrected chi connectivity index (χ4v) is 3.74. The van der Waals surface area contributed by atoms with E-state index in [1.807, 2.05) is 25.1 Å². The number of amides is 1. The Morgan fingerprint density at radius 3 is 2.86 bits per heavy atom. The number of pyridine rings is 1. The first-order valence-corrected chi connectivity index (χ1v) is 9.84. The Hall–Kier alpha value is -3.00. The lowest BCUT2D eigenvalue weighted by molar-refractivity contribution is -0.128. The second-order valence-electron chi connectivity index (χ2n) is 7.32. The highest BCUT2D eigenvalue weighted by atomic mass is 79.9. The maximum absolute atomic E-state index is 12.7. The van der Waals surface area contributed by atoms with Gasteiger partial charge in [-0.15, -0.1) is 0 Å². The predicted molar refractivity (Wildman–Crippen MR) is 113 cm³/mol. The third-order valence-electron chi connectivity index (χ3n) is 5.07. The van der Waals surface area contributed by atoms with E-state index in [0.717, 1.165) is 15.4 Å². The van der Waals surface area contributed by atoms with Gasteiger partial charge in [-0.3, -0.25) is 19.5 Å². The SMILES string of the molecule is CN1C(=O)CC(C)(c2cc(CC(=O)c3cc4cc(Br)ccc4o3)ccn2)N=C1N. The minimum Gasteiger partial charge on any atom is -0.453 e. The first-order valence-electron chi connectivity index (χ1n) is 9.05. The molecule has 7 nitrogen and oxygen atoms in total. The Balaban J connectivity index is 1.60. The van der Waals surface area contributed by atoms with Gasteiger partial charge in [0.05, 0.1) is 12.1 Å². The van der Waals surface area contributed by atoms with Crippen molar-refractivity contribution in [1.82, 2.24) is 9.88 Å². The summed E-state index contributed by atoms with van der Waals surface area (Å²) in [4.78, 5) is 35.1. The molecule has 3 aromatic rings. The summed E-state index contributed by atoms with van der Waals surface area (Å²) in [6, 6.07) is 10.9. The highest BCUT2D eigenvalue weighted by Gasteiger charge is 2.37. The van der Waals surface area contributed by atoms with Crippen molar-refractivity contribution in [3.63, 3.8) is 0 Å². The zero-order chi connectivity index (χ0) is 20.8. The van der Waals surface area contributed by atoms with E-state index >= 15 is 0 Å². The fourth-order valence-electron chi connectivity index (χ4n) is 3.36. The number of halogens is 1. The predicted octanol–water partition coefficient (Wildman–Crippen LogP) is 3.41. The van der Waals surface area contributed by atoms with Crippen molar-refractivity contribution in [2.24, 2.45) is 10.7 Å². The smallest absolute Gasteiger partial charge is 0.231 e. The second kappa shape index (κ2) is 7.11. The minimum absolute atomic E-state index is 0.128. The van der Waals surface area contributed by atoms with Crippen LogP contribution in [0.15, 0.2) is 56.5 Å². The molecule has 0 saturated heterocycles. The zero-order valence-electron chi connectivity index (χ0n) is 16.0. The van der Waals surface area contributed by atoms with Crippen LogP contribution in [-0.2, 0) is 16.8 Å². The van der Waals surface area contributed by atoms with Crippen LogP contribution in [-0.4, -0.2) is 34.6 Å². The van der Waals surface area contributed by atoms with Crippen molar-refractivity contribution < 1.29 is 14.0 Å². The third-order valence-corrected chi connectivity index (χ3v) is 5.56. The van der Waals surface area contributed by atoms with Crippen molar-refractivity contribution in [2.45, 2.75) is 25.3 Å². The molecule has 1 aromatic carbocycles. The number of carbonyl (C=O) groups is 2. The molecule has 0 spiro atoms. The first kappa shape index (κ1) is 19.3. The van der Waals surface area contributed by atoms with Gasteiger partial charge in [-0.2, -0.15) is 0 Å². The summed E-state index contributed by atoms with van der Waals surface area (Å²) in [6.45, 7) is 1.82. The van der Waals surface area contributed by atoms with Crippen molar-refractivity contribution in [3.8, 4) is 0 Å². The second-order valence-corrected chi connectivity index (χ2v) is 8.23. The molecule has 1 amide bonds. The summed E-state index contributed by atoms with van der Waals surface area (Å²) in [7, 11) is 1.59. The molecule has 8 heteroatoms. The third kappa shape index (κ3) is 3.67. The van der Waals surface area contributed by atoms with Crippen LogP contribution in [0.3, 0.4) is 0 Å². The highest BCUT2D eigenvalue weighted by molar-refractivity contribution is 9.10. The molecule has 2 N–H and O–H groups in total. The van der Waals surface area contributed by atoms with Crippen LogP contribution >= 0.6 is 15.9 Å². The van der Waals surface area contributed by atoms with Crippen LogP contribution < -0.4 is 5.73 Å². The molecular weight excluding hydrogens is 436 g/mol. The number of ketones is 1. The average molecular weight is 455 g/mol. The van der Waals surface area contributed by atoms with E-state index in [4.69, 9.17) is 10.2 Å². The van der Waals surface area contributed by atoms with Crippen molar-refractivity contribution in [2.75, 3.05) is 7.05 Å². The van der Waals surface area contributed by atoms with E-state index in [1.54, 1.807) is 31.4 Å². The maximum atomic E-state index is 12.7. The lowest BCUT2D eigenvalue weighted by Gasteiger charge is -2.32. The summed E-state index contributed by atoms with van der Waals surface area (Å²) >= 11 is 3.42. The monoisotopic (exact) mass is 454 g/mol.